The van der Waals surface area contributed by atoms with Gasteiger partial charge in [0.25, 0.3) is 0 Å². The second kappa shape index (κ2) is 7.30. The normalized spacial score (nSPS) is 16.3. The van der Waals surface area contributed by atoms with E-state index in [0.29, 0.717) is 23.5 Å². The zero-order valence-electron chi connectivity index (χ0n) is 13.7. The van der Waals surface area contributed by atoms with Gasteiger partial charge < -0.3 is 14.8 Å². The molecule has 2 aromatic rings. The van der Waals surface area contributed by atoms with Crippen molar-refractivity contribution in [3.8, 4) is 11.5 Å². The van der Waals surface area contributed by atoms with Crippen molar-refractivity contribution in [3.05, 3.63) is 23.8 Å². The van der Waals surface area contributed by atoms with Gasteiger partial charge >= 0.3 is 0 Å². The maximum Gasteiger partial charge on any atom is 0.231 e. The summed E-state index contributed by atoms with van der Waals surface area (Å²) in [6, 6.07) is 6.09. The van der Waals surface area contributed by atoms with Crippen molar-refractivity contribution in [2.45, 2.75) is 43.4 Å². The van der Waals surface area contributed by atoms with Crippen molar-refractivity contribution < 1.29 is 14.3 Å². The van der Waals surface area contributed by atoms with Crippen LogP contribution >= 0.6 is 11.8 Å². The van der Waals surface area contributed by atoms with Crippen LogP contribution in [0, 0.1) is 0 Å². The molecule has 1 N–H and O–H groups in total. The first-order valence-corrected chi connectivity index (χ1v) is 9.33. The Balaban J connectivity index is 1.34. The quantitative estimate of drug-likeness (QED) is 0.782. The molecular formula is C16H19N5O3S. The van der Waals surface area contributed by atoms with Crippen molar-refractivity contribution in [1.29, 1.82) is 0 Å². The number of hydrogen-bond acceptors (Lipinski definition) is 7. The molecule has 4 rings (SSSR count). The van der Waals surface area contributed by atoms with Crippen LogP contribution in [0.1, 0.15) is 31.2 Å². The summed E-state index contributed by atoms with van der Waals surface area (Å²) in [6.07, 6.45) is 4.56. The smallest absolute Gasteiger partial charge is 0.231 e. The van der Waals surface area contributed by atoms with Gasteiger partial charge in [0.05, 0.1) is 12.3 Å². The molecular weight excluding hydrogens is 342 g/mol. The summed E-state index contributed by atoms with van der Waals surface area (Å²) < 4.78 is 12.4. The van der Waals surface area contributed by atoms with Crippen LogP contribution in [0.25, 0.3) is 0 Å². The Morgan fingerprint density at radius 3 is 3.00 bits per heavy atom. The Morgan fingerprint density at radius 1 is 1.28 bits per heavy atom. The third-order valence-electron chi connectivity index (χ3n) is 4.32. The standard InChI is InChI=1S/C16H19N5O3S/c22-15(17-12-3-1-2-4-12)9-25-16-18-19-20-21(16)8-11-5-6-13-14(7-11)24-10-23-13/h5-7,12H,1-4,8-10H2,(H,17,22). The fraction of sp³-hybridized carbons (Fsp3) is 0.500. The number of carbonyl (C=O) groups is 1. The number of nitrogens with zero attached hydrogens (tertiary/aromatic N) is 4. The maximum atomic E-state index is 12.1. The Labute approximate surface area is 149 Å². The third-order valence-corrected chi connectivity index (χ3v) is 5.28. The van der Waals surface area contributed by atoms with E-state index in [1.54, 1.807) is 4.68 Å². The van der Waals surface area contributed by atoms with Crippen LogP contribution in [-0.2, 0) is 11.3 Å². The number of benzene rings is 1. The van der Waals surface area contributed by atoms with Crippen LogP contribution in [0.4, 0.5) is 0 Å². The second-order valence-corrected chi connectivity index (χ2v) is 7.09. The molecule has 0 unspecified atom stereocenters. The second-order valence-electron chi connectivity index (χ2n) is 6.14. The van der Waals surface area contributed by atoms with Crippen molar-refractivity contribution in [2.75, 3.05) is 12.5 Å². The van der Waals surface area contributed by atoms with Gasteiger partial charge in [-0.1, -0.05) is 30.7 Å². The predicted molar refractivity (Wildman–Crippen MR) is 90.6 cm³/mol. The first kappa shape index (κ1) is 16.2. The van der Waals surface area contributed by atoms with Gasteiger partial charge in [0, 0.05) is 6.04 Å². The fourth-order valence-electron chi connectivity index (χ4n) is 3.08. The van der Waals surface area contributed by atoms with Gasteiger partial charge in [0.15, 0.2) is 11.5 Å². The van der Waals surface area contributed by atoms with Crippen molar-refractivity contribution >= 4 is 17.7 Å². The number of ether oxygens (including phenoxy) is 2. The number of fused-ring (bicyclic) bond motifs is 1. The lowest BCUT2D eigenvalue weighted by Gasteiger charge is -2.11. The fourth-order valence-corrected chi connectivity index (χ4v) is 3.77. The molecule has 2 heterocycles. The molecule has 1 fully saturated rings. The van der Waals surface area contributed by atoms with E-state index in [1.165, 1.54) is 24.6 Å². The topological polar surface area (TPSA) is 91.2 Å². The molecule has 132 valence electrons. The van der Waals surface area contributed by atoms with E-state index in [9.17, 15) is 4.79 Å². The predicted octanol–water partition coefficient (Wildman–Crippen LogP) is 1.60. The third kappa shape index (κ3) is 3.87. The minimum Gasteiger partial charge on any atom is -0.454 e. The Morgan fingerprint density at radius 2 is 2.12 bits per heavy atom. The highest BCUT2D eigenvalue weighted by atomic mass is 32.2. The van der Waals surface area contributed by atoms with E-state index in [-0.39, 0.29) is 12.7 Å². The molecule has 8 nitrogen and oxygen atoms in total. The van der Waals surface area contributed by atoms with Gasteiger partial charge in [-0.25, -0.2) is 4.68 Å². The molecule has 0 spiro atoms. The molecule has 1 aliphatic heterocycles. The van der Waals surface area contributed by atoms with Crippen LogP contribution in [0.15, 0.2) is 23.4 Å². The minimum atomic E-state index is 0.0366. The first-order chi connectivity index (χ1) is 12.3. The number of amides is 1. The van der Waals surface area contributed by atoms with Gasteiger partial charge in [-0.3, -0.25) is 4.79 Å². The van der Waals surface area contributed by atoms with Crippen molar-refractivity contribution in [3.63, 3.8) is 0 Å². The van der Waals surface area contributed by atoms with E-state index in [4.69, 9.17) is 9.47 Å². The van der Waals surface area contributed by atoms with Gasteiger partial charge in [-0.2, -0.15) is 0 Å². The largest absolute Gasteiger partial charge is 0.454 e. The van der Waals surface area contributed by atoms with Gasteiger partial charge in [-0.15, -0.1) is 5.10 Å². The lowest BCUT2D eigenvalue weighted by Crippen LogP contribution is -2.33. The lowest BCUT2D eigenvalue weighted by atomic mass is 10.2. The minimum absolute atomic E-state index is 0.0366. The van der Waals surface area contributed by atoms with Gasteiger partial charge in [0.1, 0.15) is 0 Å². The summed E-state index contributed by atoms with van der Waals surface area (Å²) in [5.41, 5.74) is 1.01. The summed E-state index contributed by atoms with van der Waals surface area (Å²) in [7, 11) is 0. The molecule has 1 aliphatic carbocycles. The summed E-state index contributed by atoms with van der Waals surface area (Å²) in [5.74, 6) is 1.83. The van der Waals surface area contributed by atoms with E-state index >= 15 is 0 Å². The number of carbonyl (C=O) groups excluding carboxylic acids is 1. The Kier molecular flexibility index (Phi) is 4.73. The molecule has 0 radical (unpaired) electrons. The Hall–Kier alpha value is -2.29. The summed E-state index contributed by atoms with van der Waals surface area (Å²) >= 11 is 1.35. The van der Waals surface area contributed by atoms with E-state index < -0.39 is 0 Å². The SMILES string of the molecule is O=C(CSc1nnnn1Cc1ccc2c(c1)OCO2)NC1CCCC1. The molecule has 25 heavy (non-hydrogen) atoms. The average molecular weight is 361 g/mol. The highest BCUT2D eigenvalue weighted by molar-refractivity contribution is 7.99. The highest BCUT2D eigenvalue weighted by Crippen LogP contribution is 2.32. The number of rotatable bonds is 6. The van der Waals surface area contributed by atoms with E-state index in [0.717, 1.165) is 29.9 Å². The molecule has 1 amide bonds. The highest BCUT2D eigenvalue weighted by Gasteiger charge is 2.18. The van der Waals surface area contributed by atoms with Crippen molar-refractivity contribution in [2.24, 2.45) is 0 Å². The first-order valence-electron chi connectivity index (χ1n) is 8.35. The zero-order chi connectivity index (χ0) is 17.1. The number of nitrogens with one attached hydrogen (secondary N) is 1. The molecule has 0 atom stereocenters. The van der Waals surface area contributed by atoms with Crippen LogP contribution in [0.2, 0.25) is 0 Å². The number of aromatic nitrogens is 4. The van der Waals surface area contributed by atoms with Crippen LogP contribution in [0.5, 0.6) is 11.5 Å². The van der Waals surface area contributed by atoms with Crippen LogP contribution < -0.4 is 14.8 Å². The molecule has 0 saturated heterocycles. The van der Waals surface area contributed by atoms with Gasteiger partial charge in [-0.05, 0) is 41.0 Å². The molecule has 2 aliphatic rings. The zero-order valence-corrected chi connectivity index (χ0v) is 14.5. The van der Waals surface area contributed by atoms with Crippen LogP contribution in [0.3, 0.4) is 0 Å². The van der Waals surface area contributed by atoms with E-state index in [2.05, 4.69) is 20.8 Å². The van der Waals surface area contributed by atoms with E-state index in [1.807, 2.05) is 18.2 Å². The van der Waals surface area contributed by atoms with Crippen LogP contribution in [-0.4, -0.2) is 44.7 Å². The lowest BCUT2D eigenvalue weighted by molar-refractivity contribution is -0.119. The molecule has 9 heteroatoms. The number of hydrogen-bond donors (Lipinski definition) is 1. The molecule has 1 aromatic heterocycles. The molecule has 1 saturated carbocycles. The summed E-state index contributed by atoms with van der Waals surface area (Å²) in [6.45, 7) is 0.761. The molecule has 0 bridgehead atoms. The number of thioether (sulfide) groups is 1. The summed E-state index contributed by atoms with van der Waals surface area (Å²) in [4.78, 5) is 12.1. The summed E-state index contributed by atoms with van der Waals surface area (Å²) in [5, 5.41) is 15.5. The number of tetrazole rings is 1. The van der Waals surface area contributed by atoms with Gasteiger partial charge in [0.2, 0.25) is 17.9 Å². The van der Waals surface area contributed by atoms with Crippen molar-refractivity contribution in [1.82, 2.24) is 25.5 Å². The maximum absolute atomic E-state index is 12.1. The Bertz CT molecular complexity index is 760. The molecule has 1 aromatic carbocycles. The average Bonchev–Trinajstić information content (AvgIpc) is 3.34. The monoisotopic (exact) mass is 361 g/mol.